The highest BCUT2D eigenvalue weighted by atomic mass is 35.5. The molecule has 6 nitrogen and oxygen atoms in total. The number of piperidine rings is 1. The molecule has 1 aromatic heterocycles. The first kappa shape index (κ1) is 18.5. The largest absolute Gasteiger partial charge is 0.492 e. The highest BCUT2D eigenvalue weighted by Crippen LogP contribution is 2.49. The third-order valence-electron chi connectivity index (χ3n) is 4.56. The summed E-state index contributed by atoms with van der Waals surface area (Å²) in [6.07, 6.45) is 2.22. The Morgan fingerprint density at radius 2 is 2.12 bits per heavy atom. The molecule has 0 aromatic carbocycles. The van der Waals surface area contributed by atoms with E-state index in [4.69, 9.17) is 27.6 Å². The Morgan fingerprint density at radius 1 is 1.46 bits per heavy atom. The van der Waals surface area contributed by atoms with E-state index in [1.807, 2.05) is 33.8 Å². The molecule has 0 saturated carbocycles. The van der Waals surface area contributed by atoms with Crippen molar-refractivity contribution in [2.75, 3.05) is 13.1 Å². The summed E-state index contributed by atoms with van der Waals surface area (Å²) in [4.78, 5) is 22.0. The molecule has 0 unspecified atom stereocenters. The topological polar surface area (TPSA) is 56.0 Å². The lowest BCUT2D eigenvalue weighted by Crippen LogP contribution is -2.47. The fourth-order valence-corrected chi connectivity index (χ4v) is 3.45. The van der Waals surface area contributed by atoms with Gasteiger partial charge in [0.05, 0.1) is 23.0 Å². The van der Waals surface area contributed by atoms with E-state index < -0.39 is 11.2 Å². The van der Waals surface area contributed by atoms with Crippen molar-refractivity contribution in [2.45, 2.75) is 51.7 Å². The minimum Gasteiger partial charge on any atom is -0.492 e. The fraction of sp³-hybridized carbons (Fsp3) is 0.526. The summed E-state index contributed by atoms with van der Waals surface area (Å²) in [5, 5.41) is 0.548. The Balaban J connectivity index is 1.86. The van der Waals surface area contributed by atoms with Crippen LogP contribution in [-0.2, 0) is 15.1 Å². The molecule has 138 valence electrons. The van der Waals surface area contributed by atoms with Gasteiger partial charge in [-0.3, -0.25) is 4.98 Å². The van der Waals surface area contributed by atoms with Gasteiger partial charge >= 0.3 is 6.09 Å². The molecule has 1 fully saturated rings. The first-order chi connectivity index (χ1) is 12.1. The lowest BCUT2D eigenvalue weighted by molar-refractivity contribution is -0.0287. The molecule has 3 rings (SSSR count). The van der Waals surface area contributed by atoms with Crippen LogP contribution in [0.15, 0.2) is 12.3 Å². The van der Waals surface area contributed by atoms with Gasteiger partial charge in [-0.2, -0.15) is 0 Å². The van der Waals surface area contributed by atoms with Crippen molar-refractivity contribution in [3.8, 4) is 0 Å². The molecule has 1 aromatic rings. The van der Waals surface area contributed by atoms with E-state index in [9.17, 15) is 4.79 Å². The van der Waals surface area contributed by atoms with Crippen molar-refractivity contribution >= 4 is 23.5 Å². The predicted octanol–water partition coefficient (Wildman–Crippen LogP) is 4.52. The zero-order chi connectivity index (χ0) is 19.1. The number of likely N-dealkylation sites (tertiary alicyclic amines) is 1. The standard InChI is InChI=1S/C19H22ClN3O3/c1-12-14(20)10-13-15(11-21-5)25-19(16(13)22-12)6-8-23(9-7-19)17(24)26-18(2,3)4/h10-11H,6-9H2,1-4H3. The summed E-state index contributed by atoms with van der Waals surface area (Å²) in [6, 6.07) is 1.81. The molecule has 0 N–H and O–H groups in total. The number of rotatable bonds is 0. The van der Waals surface area contributed by atoms with Gasteiger partial charge < -0.3 is 14.4 Å². The zero-order valence-electron chi connectivity index (χ0n) is 15.4. The first-order valence-electron chi connectivity index (χ1n) is 8.57. The Kier molecular flexibility index (Phi) is 4.61. The summed E-state index contributed by atoms with van der Waals surface area (Å²) in [7, 11) is 0. The van der Waals surface area contributed by atoms with Gasteiger partial charge in [0.15, 0.2) is 11.8 Å². The molecular weight excluding hydrogens is 354 g/mol. The van der Waals surface area contributed by atoms with Crippen LogP contribution >= 0.6 is 11.6 Å². The maximum Gasteiger partial charge on any atom is 0.410 e. The number of ether oxygens (including phenoxy) is 2. The molecular formula is C19H22ClN3O3. The quantitative estimate of drug-likeness (QED) is 0.626. The van der Waals surface area contributed by atoms with Crippen LogP contribution in [0.3, 0.4) is 0 Å². The predicted molar refractivity (Wildman–Crippen MR) is 98.4 cm³/mol. The Bertz CT molecular complexity index is 813. The highest BCUT2D eigenvalue weighted by Gasteiger charge is 2.48. The van der Waals surface area contributed by atoms with E-state index in [2.05, 4.69) is 9.83 Å². The van der Waals surface area contributed by atoms with E-state index in [0.717, 1.165) is 17.0 Å². The number of aromatic nitrogens is 1. The molecule has 3 heterocycles. The van der Waals surface area contributed by atoms with Crippen LogP contribution < -0.4 is 0 Å². The molecule has 26 heavy (non-hydrogen) atoms. The zero-order valence-corrected chi connectivity index (χ0v) is 16.2. The Hall–Kier alpha value is -2.26. The van der Waals surface area contributed by atoms with Gasteiger partial charge in [-0.05, 0) is 33.8 Å². The van der Waals surface area contributed by atoms with Crippen molar-refractivity contribution in [1.29, 1.82) is 0 Å². The van der Waals surface area contributed by atoms with Gasteiger partial charge in [0.2, 0.25) is 0 Å². The van der Waals surface area contributed by atoms with Crippen LogP contribution in [0.1, 0.15) is 50.6 Å². The molecule has 0 atom stereocenters. The van der Waals surface area contributed by atoms with Gasteiger partial charge in [-0.1, -0.05) is 11.6 Å². The second kappa shape index (κ2) is 6.48. The first-order valence-corrected chi connectivity index (χ1v) is 8.95. The smallest absolute Gasteiger partial charge is 0.410 e. The highest BCUT2D eigenvalue weighted by molar-refractivity contribution is 6.31. The molecule has 2 aliphatic rings. The van der Waals surface area contributed by atoms with Gasteiger partial charge in [-0.15, -0.1) is 0 Å². The monoisotopic (exact) mass is 375 g/mol. The summed E-state index contributed by atoms with van der Waals surface area (Å²) in [5.41, 5.74) is 1.15. The average molecular weight is 376 g/mol. The Labute approximate surface area is 158 Å². The van der Waals surface area contributed by atoms with E-state index >= 15 is 0 Å². The van der Waals surface area contributed by atoms with Crippen molar-refractivity contribution in [1.82, 2.24) is 9.88 Å². The van der Waals surface area contributed by atoms with E-state index in [1.54, 1.807) is 4.90 Å². The molecule has 7 heteroatoms. The summed E-state index contributed by atoms with van der Waals surface area (Å²) >= 11 is 6.22. The van der Waals surface area contributed by atoms with Crippen LogP contribution in [0, 0.1) is 13.5 Å². The summed E-state index contributed by atoms with van der Waals surface area (Å²) < 4.78 is 11.6. The van der Waals surface area contributed by atoms with Gasteiger partial charge in [-0.25, -0.2) is 9.64 Å². The number of aryl methyl sites for hydroxylation is 1. The number of hydrogen-bond acceptors (Lipinski definition) is 4. The average Bonchev–Trinajstić information content (AvgIpc) is 2.81. The molecule has 0 aliphatic carbocycles. The van der Waals surface area contributed by atoms with Crippen LogP contribution in [0.25, 0.3) is 10.6 Å². The maximum atomic E-state index is 12.3. The third kappa shape index (κ3) is 3.36. The number of fused-ring (bicyclic) bond motifs is 2. The summed E-state index contributed by atoms with van der Waals surface area (Å²) in [5.74, 6) is 0.495. The number of pyridine rings is 1. The third-order valence-corrected chi connectivity index (χ3v) is 4.94. The van der Waals surface area contributed by atoms with Gasteiger partial charge in [0.1, 0.15) is 11.4 Å². The lowest BCUT2D eigenvalue weighted by atomic mass is 9.87. The second-order valence-electron chi connectivity index (χ2n) is 7.64. The van der Waals surface area contributed by atoms with Crippen LogP contribution in [0.5, 0.6) is 0 Å². The molecule has 1 saturated heterocycles. The van der Waals surface area contributed by atoms with E-state index in [0.29, 0.717) is 36.7 Å². The van der Waals surface area contributed by atoms with Crippen molar-refractivity contribution in [2.24, 2.45) is 0 Å². The van der Waals surface area contributed by atoms with Gasteiger partial charge in [0, 0.05) is 31.5 Å². The van der Waals surface area contributed by atoms with Gasteiger partial charge in [0.25, 0.3) is 0 Å². The number of carbonyl (C=O) groups excluding carboxylic acids is 1. The van der Waals surface area contributed by atoms with Crippen LogP contribution in [-0.4, -0.2) is 34.7 Å². The number of hydrogen-bond donors (Lipinski definition) is 0. The SMILES string of the molecule is [C-]#[N+]C=C1OC2(CCN(C(=O)OC(C)(C)C)CC2)c2nc(C)c(Cl)cc21. The second-order valence-corrected chi connectivity index (χ2v) is 8.05. The van der Waals surface area contributed by atoms with Crippen molar-refractivity contribution in [3.63, 3.8) is 0 Å². The lowest BCUT2D eigenvalue weighted by Gasteiger charge is -2.39. The molecule has 0 radical (unpaired) electrons. The molecule has 1 amide bonds. The molecule has 0 bridgehead atoms. The van der Waals surface area contributed by atoms with Crippen molar-refractivity contribution in [3.05, 3.63) is 45.7 Å². The molecule has 1 spiro atoms. The minimum atomic E-state index is -0.625. The number of carbonyl (C=O) groups is 1. The minimum absolute atomic E-state index is 0.317. The number of halogens is 1. The van der Waals surface area contributed by atoms with Crippen LogP contribution in [0.2, 0.25) is 5.02 Å². The number of nitrogens with zero attached hydrogens (tertiary/aromatic N) is 3. The number of amides is 1. The van der Waals surface area contributed by atoms with Crippen molar-refractivity contribution < 1.29 is 14.3 Å². The Morgan fingerprint density at radius 3 is 2.69 bits per heavy atom. The molecule has 2 aliphatic heterocycles. The normalized spacial score (nSPS) is 19.8. The summed E-state index contributed by atoms with van der Waals surface area (Å²) in [6.45, 7) is 15.5. The fourth-order valence-electron chi connectivity index (χ4n) is 3.30. The van der Waals surface area contributed by atoms with E-state index in [-0.39, 0.29) is 6.09 Å². The van der Waals surface area contributed by atoms with Crippen LogP contribution in [0.4, 0.5) is 4.79 Å². The van der Waals surface area contributed by atoms with E-state index in [1.165, 1.54) is 6.20 Å². The maximum absolute atomic E-state index is 12.3.